The van der Waals surface area contributed by atoms with E-state index in [0.29, 0.717) is 38.3 Å². The molecular weight excluding hydrogens is 452 g/mol. The zero-order valence-electron chi connectivity index (χ0n) is 21.3. The number of hydrogen-bond acceptors (Lipinski definition) is 5. The summed E-state index contributed by atoms with van der Waals surface area (Å²) in [6, 6.07) is 15.8. The van der Waals surface area contributed by atoms with Gasteiger partial charge in [0.2, 0.25) is 5.91 Å². The lowest BCUT2D eigenvalue weighted by Crippen LogP contribution is -2.39. The Kier molecular flexibility index (Phi) is 10.2. The number of likely N-dealkylation sites (tertiary alicyclic amines) is 1. The molecule has 0 unspecified atom stereocenters. The van der Waals surface area contributed by atoms with Gasteiger partial charge < -0.3 is 20.3 Å². The van der Waals surface area contributed by atoms with E-state index in [4.69, 9.17) is 4.74 Å². The first-order valence-electron chi connectivity index (χ1n) is 13.5. The molecule has 0 radical (unpaired) electrons. The maximum atomic E-state index is 13.3. The van der Waals surface area contributed by atoms with E-state index >= 15 is 0 Å². The first-order chi connectivity index (χ1) is 17.7. The highest BCUT2D eigenvalue weighted by molar-refractivity contribution is 5.96. The molecule has 4 rings (SSSR count). The van der Waals surface area contributed by atoms with E-state index in [0.717, 1.165) is 55.8 Å². The van der Waals surface area contributed by atoms with Gasteiger partial charge in [-0.25, -0.2) is 0 Å². The highest BCUT2D eigenvalue weighted by atomic mass is 16.5. The van der Waals surface area contributed by atoms with Gasteiger partial charge in [0.05, 0.1) is 13.2 Å². The first-order valence-corrected chi connectivity index (χ1v) is 13.5. The molecule has 2 aliphatic heterocycles. The number of rotatable bonds is 6. The molecule has 1 fully saturated rings. The van der Waals surface area contributed by atoms with Crippen LogP contribution in [0.25, 0.3) is 0 Å². The monoisotopic (exact) mass is 492 g/mol. The summed E-state index contributed by atoms with van der Waals surface area (Å²) in [7, 11) is 0. The number of piperidine rings is 1. The Bertz CT molecular complexity index is 976. The molecule has 2 aliphatic rings. The summed E-state index contributed by atoms with van der Waals surface area (Å²) in [5, 5.41) is 6.18. The number of benzene rings is 2. The van der Waals surface area contributed by atoms with Gasteiger partial charge in [0.15, 0.2) is 0 Å². The third-order valence-corrected chi connectivity index (χ3v) is 6.94. The normalized spacial score (nSPS) is 18.5. The highest BCUT2D eigenvalue weighted by Gasteiger charge is 2.21. The van der Waals surface area contributed by atoms with Gasteiger partial charge in [0.1, 0.15) is 5.75 Å². The van der Waals surface area contributed by atoms with Gasteiger partial charge in [-0.05, 0) is 62.9 Å². The molecule has 0 saturated carbocycles. The second kappa shape index (κ2) is 14.0. The Morgan fingerprint density at radius 3 is 2.53 bits per heavy atom. The predicted octanol–water partition coefficient (Wildman–Crippen LogP) is 3.58. The van der Waals surface area contributed by atoms with Crippen LogP contribution in [-0.2, 0) is 17.9 Å². The van der Waals surface area contributed by atoms with Gasteiger partial charge in [-0.2, -0.15) is 0 Å². The van der Waals surface area contributed by atoms with Crippen molar-refractivity contribution in [3.05, 3.63) is 65.2 Å². The topological polar surface area (TPSA) is 73.9 Å². The minimum atomic E-state index is -0.0825. The van der Waals surface area contributed by atoms with Crippen LogP contribution in [0.2, 0.25) is 0 Å². The Balaban J connectivity index is 1.53. The fourth-order valence-corrected chi connectivity index (χ4v) is 4.99. The summed E-state index contributed by atoms with van der Waals surface area (Å²) < 4.78 is 6.20. The molecule has 7 nitrogen and oxygen atoms in total. The van der Waals surface area contributed by atoms with Crippen LogP contribution >= 0.6 is 0 Å². The number of ether oxygens (including phenoxy) is 1. The molecule has 36 heavy (non-hydrogen) atoms. The largest absolute Gasteiger partial charge is 0.493 e. The van der Waals surface area contributed by atoms with Crippen LogP contribution in [0.3, 0.4) is 0 Å². The van der Waals surface area contributed by atoms with E-state index < -0.39 is 0 Å². The quantitative estimate of drug-likeness (QED) is 0.645. The molecule has 2 amide bonds. The van der Waals surface area contributed by atoms with E-state index in [-0.39, 0.29) is 18.4 Å². The van der Waals surface area contributed by atoms with Gasteiger partial charge in [0, 0.05) is 43.9 Å². The Hall–Kier alpha value is -2.90. The number of carbonyl (C=O) groups is 2. The van der Waals surface area contributed by atoms with Gasteiger partial charge in [-0.3, -0.25) is 14.5 Å². The average molecular weight is 493 g/mol. The first kappa shape index (κ1) is 26.2. The molecular formula is C29H40N4O3. The number of nitrogens with one attached hydrogen (secondary N) is 2. The van der Waals surface area contributed by atoms with Crippen molar-refractivity contribution >= 4 is 11.8 Å². The molecule has 0 bridgehead atoms. The van der Waals surface area contributed by atoms with E-state index in [2.05, 4.69) is 32.6 Å². The summed E-state index contributed by atoms with van der Waals surface area (Å²) in [4.78, 5) is 30.6. The van der Waals surface area contributed by atoms with E-state index in [1.807, 2.05) is 36.4 Å². The van der Waals surface area contributed by atoms with Crippen molar-refractivity contribution in [2.75, 3.05) is 45.9 Å². The minimum Gasteiger partial charge on any atom is -0.493 e. The number of fused-ring (bicyclic) bond motifs is 1. The Morgan fingerprint density at radius 1 is 0.889 bits per heavy atom. The third-order valence-electron chi connectivity index (χ3n) is 6.94. The summed E-state index contributed by atoms with van der Waals surface area (Å²) in [5.74, 6) is 0.661. The van der Waals surface area contributed by atoms with Crippen molar-refractivity contribution in [2.24, 2.45) is 0 Å². The van der Waals surface area contributed by atoms with Crippen molar-refractivity contribution in [3.8, 4) is 5.75 Å². The maximum absolute atomic E-state index is 13.3. The van der Waals surface area contributed by atoms with Crippen LogP contribution in [0.4, 0.5) is 0 Å². The standard InChI is InChI=1S/C29H40N4O3/c34-28-23-33(21-24-11-4-1-5-12-24)22-26-25(29(35)31-16-19-32-17-7-3-8-18-32)13-10-14-27(26)36-20-9-2-6-15-30-28/h1,4-5,10-14H,2-3,6-9,15-23H2,(H,30,34)(H,31,35). The van der Waals surface area contributed by atoms with Crippen molar-refractivity contribution in [2.45, 2.75) is 51.6 Å². The van der Waals surface area contributed by atoms with Gasteiger partial charge in [0.25, 0.3) is 5.91 Å². The van der Waals surface area contributed by atoms with Crippen LogP contribution in [0.5, 0.6) is 5.75 Å². The molecule has 7 heteroatoms. The van der Waals surface area contributed by atoms with Gasteiger partial charge in [-0.15, -0.1) is 0 Å². The van der Waals surface area contributed by atoms with Crippen LogP contribution in [0, 0.1) is 0 Å². The molecule has 1 saturated heterocycles. The van der Waals surface area contributed by atoms with E-state index in [9.17, 15) is 9.59 Å². The molecule has 0 atom stereocenters. The number of carbonyl (C=O) groups excluding carboxylic acids is 2. The van der Waals surface area contributed by atoms with Crippen molar-refractivity contribution < 1.29 is 14.3 Å². The third kappa shape index (κ3) is 8.07. The summed E-state index contributed by atoms with van der Waals surface area (Å²) in [6.45, 7) is 6.32. The second-order valence-corrected chi connectivity index (χ2v) is 9.83. The summed E-state index contributed by atoms with van der Waals surface area (Å²) in [5.41, 5.74) is 2.59. The number of hydrogen-bond donors (Lipinski definition) is 2. The van der Waals surface area contributed by atoms with Crippen molar-refractivity contribution in [3.63, 3.8) is 0 Å². The smallest absolute Gasteiger partial charge is 0.251 e. The molecule has 0 aliphatic carbocycles. The molecule has 2 heterocycles. The zero-order valence-corrected chi connectivity index (χ0v) is 21.3. The highest BCUT2D eigenvalue weighted by Crippen LogP contribution is 2.26. The lowest BCUT2D eigenvalue weighted by atomic mass is 10.0. The zero-order chi connectivity index (χ0) is 25.0. The summed E-state index contributed by atoms with van der Waals surface area (Å²) >= 11 is 0. The summed E-state index contributed by atoms with van der Waals surface area (Å²) in [6.07, 6.45) is 6.61. The lowest BCUT2D eigenvalue weighted by molar-refractivity contribution is -0.122. The Labute approximate surface area is 215 Å². The van der Waals surface area contributed by atoms with Crippen molar-refractivity contribution in [1.29, 1.82) is 0 Å². The van der Waals surface area contributed by atoms with Crippen LogP contribution in [-0.4, -0.2) is 67.5 Å². The molecule has 2 aromatic rings. The maximum Gasteiger partial charge on any atom is 0.251 e. The molecule has 0 aromatic heterocycles. The predicted molar refractivity (Wildman–Crippen MR) is 142 cm³/mol. The molecule has 194 valence electrons. The number of amides is 2. The molecule has 2 aromatic carbocycles. The van der Waals surface area contributed by atoms with E-state index in [1.165, 1.54) is 19.3 Å². The number of nitrogens with zero attached hydrogens (tertiary/aromatic N) is 2. The van der Waals surface area contributed by atoms with Gasteiger partial charge in [-0.1, -0.05) is 42.8 Å². The van der Waals surface area contributed by atoms with Crippen molar-refractivity contribution in [1.82, 2.24) is 20.4 Å². The molecule has 2 N–H and O–H groups in total. The fourth-order valence-electron chi connectivity index (χ4n) is 4.99. The average Bonchev–Trinajstić information content (AvgIpc) is 2.91. The second-order valence-electron chi connectivity index (χ2n) is 9.83. The SMILES string of the molecule is O=C1CN(Cc2ccccc2)Cc2c(cccc2C(=O)NCCN2CCCCC2)OCCCCCN1. The minimum absolute atomic E-state index is 0.0103. The molecule has 0 spiro atoms. The fraction of sp³-hybridized carbons (Fsp3) is 0.517. The Morgan fingerprint density at radius 2 is 1.69 bits per heavy atom. The lowest BCUT2D eigenvalue weighted by Gasteiger charge is -2.26. The van der Waals surface area contributed by atoms with Crippen LogP contribution < -0.4 is 15.4 Å². The van der Waals surface area contributed by atoms with Crippen LogP contribution in [0.1, 0.15) is 60.0 Å². The van der Waals surface area contributed by atoms with Crippen LogP contribution in [0.15, 0.2) is 48.5 Å². The van der Waals surface area contributed by atoms with Gasteiger partial charge >= 0.3 is 0 Å². The van der Waals surface area contributed by atoms with E-state index in [1.54, 1.807) is 0 Å².